The maximum Gasteiger partial charge on any atom is 0.308 e. The summed E-state index contributed by atoms with van der Waals surface area (Å²) in [5.74, 6) is -2.67. The first-order valence-electron chi connectivity index (χ1n) is 6.79. The Kier molecular flexibility index (Phi) is 4.50. The van der Waals surface area contributed by atoms with Gasteiger partial charge in [-0.05, 0) is 24.8 Å². The van der Waals surface area contributed by atoms with Gasteiger partial charge >= 0.3 is 5.69 Å². The van der Waals surface area contributed by atoms with Gasteiger partial charge in [0.1, 0.15) is 5.82 Å². The van der Waals surface area contributed by atoms with Crippen LogP contribution in [0.2, 0.25) is 0 Å². The van der Waals surface area contributed by atoms with Gasteiger partial charge in [-0.2, -0.15) is 4.39 Å². The average molecular weight is 298 g/mol. The van der Waals surface area contributed by atoms with Crippen molar-refractivity contribution in [2.45, 2.75) is 25.7 Å². The van der Waals surface area contributed by atoms with E-state index >= 15 is 0 Å². The predicted octanol–water partition coefficient (Wildman–Crippen LogP) is 3.14. The summed E-state index contributed by atoms with van der Waals surface area (Å²) in [7, 11) is 1.50. The Balaban J connectivity index is 2.23. The standard InChI is InChI=1S/C14H16F2N2O3/c1-17(8-9-4-2-3-5-9)14(19)11-6-10(15)7-12(13(11)16)18(20)21/h6-7,9H,2-5,8H2,1H3. The molecule has 21 heavy (non-hydrogen) atoms. The SMILES string of the molecule is CN(CC1CCCC1)C(=O)c1cc(F)cc([N+](=O)[O-])c1F. The van der Waals surface area contributed by atoms with Crippen LogP contribution in [0.3, 0.4) is 0 Å². The lowest BCUT2D eigenvalue weighted by Gasteiger charge is -2.21. The van der Waals surface area contributed by atoms with Crippen molar-refractivity contribution in [3.63, 3.8) is 0 Å². The fourth-order valence-electron chi connectivity index (χ4n) is 2.73. The molecule has 1 saturated carbocycles. The van der Waals surface area contributed by atoms with Crippen LogP contribution in [0.25, 0.3) is 0 Å². The number of benzene rings is 1. The number of carbonyl (C=O) groups is 1. The number of rotatable bonds is 4. The van der Waals surface area contributed by atoms with E-state index in [1.165, 1.54) is 11.9 Å². The lowest BCUT2D eigenvalue weighted by atomic mass is 10.1. The zero-order valence-electron chi connectivity index (χ0n) is 11.6. The lowest BCUT2D eigenvalue weighted by Crippen LogP contribution is -2.32. The summed E-state index contributed by atoms with van der Waals surface area (Å²) in [4.78, 5) is 23.1. The second-order valence-corrected chi connectivity index (χ2v) is 5.38. The molecule has 0 atom stereocenters. The summed E-state index contributed by atoms with van der Waals surface area (Å²) >= 11 is 0. The van der Waals surface area contributed by atoms with Crippen LogP contribution in [0.15, 0.2) is 12.1 Å². The van der Waals surface area contributed by atoms with E-state index in [1.54, 1.807) is 0 Å². The van der Waals surface area contributed by atoms with Gasteiger partial charge in [0.25, 0.3) is 5.91 Å². The smallest absolute Gasteiger partial charge is 0.308 e. The molecule has 1 aliphatic rings. The van der Waals surface area contributed by atoms with Gasteiger partial charge in [-0.15, -0.1) is 0 Å². The molecule has 0 saturated heterocycles. The molecule has 0 bridgehead atoms. The number of halogens is 2. The highest BCUT2D eigenvalue weighted by molar-refractivity contribution is 5.95. The normalized spacial score (nSPS) is 15.2. The summed E-state index contributed by atoms with van der Waals surface area (Å²) in [6.07, 6.45) is 4.21. The number of hydrogen-bond acceptors (Lipinski definition) is 3. The van der Waals surface area contributed by atoms with Crippen molar-refractivity contribution in [2.75, 3.05) is 13.6 Å². The first kappa shape index (κ1) is 15.3. The molecule has 0 spiro atoms. The quantitative estimate of drug-likeness (QED) is 0.633. The van der Waals surface area contributed by atoms with Crippen molar-refractivity contribution in [3.05, 3.63) is 39.4 Å². The van der Waals surface area contributed by atoms with Gasteiger partial charge in [-0.3, -0.25) is 14.9 Å². The van der Waals surface area contributed by atoms with Crippen molar-refractivity contribution in [1.82, 2.24) is 4.90 Å². The Morgan fingerprint density at radius 3 is 2.57 bits per heavy atom. The third kappa shape index (κ3) is 3.34. The van der Waals surface area contributed by atoms with Gasteiger partial charge in [0.2, 0.25) is 5.82 Å². The van der Waals surface area contributed by atoms with Gasteiger partial charge < -0.3 is 4.90 Å². The van der Waals surface area contributed by atoms with Gasteiger partial charge in [0.15, 0.2) is 0 Å². The summed E-state index contributed by atoms with van der Waals surface area (Å²) in [5.41, 5.74) is -1.62. The second kappa shape index (κ2) is 6.15. The van der Waals surface area contributed by atoms with Crippen molar-refractivity contribution in [2.24, 2.45) is 5.92 Å². The Morgan fingerprint density at radius 2 is 2.00 bits per heavy atom. The highest BCUT2D eigenvalue weighted by atomic mass is 19.1. The molecular weight excluding hydrogens is 282 g/mol. The molecule has 0 aliphatic heterocycles. The van der Waals surface area contributed by atoms with Crippen LogP contribution in [0.1, 0.15) is 36.0 Å². The zero-order chi connectivity index (χ0) is 15.6. The van der Waals surface area contributed by atoms with E-state index in [9.17, 15) is 23.7 Å². The predicted molar refractivity (Wildman–Crippen MR) is 71.9 cm³/mol. The summed E-state index contributed by atoms with van der Waals surface area (Å²) in [6, 6.07) is 1.18. The van der Waals surface area contributed by atoms with Crippen LogP contribution in [-0.4, -0.2) is 29.3 Å². The van der Waals surface area contributed by atoms with E-state index < -0.39 is 33.7 Å². The Morgan fingerprint density at radius 1 is 1.38 bits per heavy atom. The Labute approximate surface area is 120 Å². The lowest BCUT2D eigenvalue weighted by molar-refractivity contribution is -0.387. The highest BCUT2D eigenvalue weighted by Crippen LogP contribution is 2.27. The number of hydrogen-bond donors (Lipinski definition) is 0. The first-order chi connectivity index (χ1) is 9.90. The minimum Gasteiger partial charge on any atom is -0.341 e. The molecule has 1 amide bonds. The third-order valence-corrected chi connectivity index (χ3v) is 3.80. The van der Waals surface area contributed by atoms with Crippen LogP contribution in [-0.2, 0) is 0 Å². The molecule has 1 aliphatic carbocycles. The molecule has 0 aromatic heterocycles. The zero-order valence-corrected chi connectivity index (χ0v) is 11.6. The largest absolute Gasteiger partial charge is 0.341 e. The summed E-state index contributed by atoms with van der Waals surface area (Å²) < 4.78 is 27.3. The molecule has 0 unspecified atom stereocenters. The first-order valence-corrected chi connectivity index (χ1v) is 6.79. The number of nitro groups is 1. The van der Waals surface area contributed by atoms with Crippen LogP contribution in [0, 0.1) is 27.7 Å². The molecule has 114 valence electrons. The number of amides is 1. The van der Waals surface area contributed by atoms with Crippen molar-refractivity contribution < 1.29 is 18.5 Å². The molecule has 0 heterocycles. The van der Waals surface area contributed by atoms with Crippen molar-refractivity contribution in [1.29, 1.82) is 0 Å². The Bertz CT molecular complexity index is 572. The monoisotopic (exact) mass is 298 g/mol. The molecule has 1 aromatic carbocycles. The number of nitro benzene ring substituents is 1. The third-order valence-electron chi connectivity index (χ3n) is 3.80. The second-order valence-electron chi connectivity index (χ2n) is 5.38. The minimum absolute atomic E-state index is 0.352. The van der Waals surface area contributed by atoms with E-state index in [4.69, 9.17) is 0 Å². The van der Waals surface area contributed by atoms with Crippen LogP contribution < -0.4 is 0 Å². The molecular formula is C14H16F2N2O3. The van der Waals surface area contributed by atoms with Crippen molar-refractivity contribution in [3.8, 4) is 0 Å². The molecule has 1 aromatic rings. The summed E-state index contributed by atoms with van der Waals surface area (Å²) in [6.45, 7) is 0.447. The van der Waals surface area contributed by atoms with Gasteiger partial charge in [-0.25, -0.2) is 4.39 Å². The molecule has 1 fully saturated rings. The molecule has 5 nitrogen and oxygen atoms in total. The molecule has 2 rings (SSSR count). The molecule has 7 heteroatoms. The fourth-order valence-corrected chi connectivity index (χ4v) is 2.73. The van der Waals surface area contributed by atoms with E-state index in [0.717, 1.165) is 25.7 Å². The van der Waals surface area contributed by atoms with Crippen molar-refractivity contribution >= 4 is 11.6 Å². The highest BCUT2D eigenvalue weighted by Gasteiger charge is 2.27. The summed E-state index contributed by atoms with van der Waals surface area (Å²) in [5, 5.41) is 10.7. The van der Waals surface area contributed by atoms with Gasteiger partial charge in [-0.1, -0.05) is 12.8 Å². The Hall–Kier alpha value is -2.05. The molecule has 0 radical (unpaired) electrons. The van der Waals surface area contributed by atoms with Crippen LogP contribution >= 0.6 is 0 Å². The number of carbonyl (C=O) groups excluding carboxylic acids is 1. The average Bonchev–Trinajstić information content (AvgIpc) is 2.92. The van der Waals surface area contributed by atoms with E-state index in [0.29, 0.717) is 24.6 Å². The van der Waals surface area contributed by atoms with Gasteiger partial charge in [0, 0.05) is 13.6 Å². The topological polar surface area (TPSA) is 63.5 Å². The fraction of sp³-hybridized carbons (Fsp3) is 0.500. The molecule has 0 N–H and O–H groups in total. The van der Waals surface area contributed by atoms with E-state index in [-0.39, 0.29) is 0 Å². The van der Waals surface area contributed by atoms with Gasteiger partial charge in [0.05, 0.1) is 16.6 Å². The number of nitrogens with zero attached hydrogens (tertiary/aromatic N) is 2. The maximum atomic E-state index is 14.0. The minimum atomic E-state index is -1.29. The van der Waals surface area contributed by atoms with Crippen LogP contribution in [0.5, 0.6) is 0 Å². The van der Waals surface area contributed by atoms with E-state index in [2.05, 4.69) is 0 Å². The van der Waals surface area contributed by atoms with Crippen LogP contribution in [0.4, 0.5) is 14.5 Å². The maximum absolute atomic E-state index is 14.0. The van der Waals surface area contributed by atoms with E-state index in [1.807, 2.05) is 0 Å².